The molecule has 0 aliphatic carbocycles. The van der Waals surface area contributed by atoms with E-state index < -0.39 is 16.6 Å². The molecule has 10 heteroatoms. The molecule has 0 spiro atoms. The number of piperidine rings is 1. The van der Waals surface area contributed by atoms with Crippen LogP contribution in [0.5, 0.6) is 0 Å². The fourth-order valence-electron chi connectivity index (χ4n) is 3.47. The molecule has 166 valence electrons. The molecule has 1 N–H and O–H groups in total. The second kappa shape index (κ2) is 9.15. The first-order valence-electron chi connectivity index (χ1n) is 10.2. The molecule has 1 aromatic heterocycles. The number of benzene rings is 1. The van der Waals surface area contributed by atoms with Gasteiger partial charge in [0.2, 0.25) is 0 Å². The van der Waals surface area contributed by atoms with Gasteiger partial charge in [0.25, 0.3) is 11.6 Å². The third-order valence-corrected chi connectivity index (χ3v) is 4.88. The van der Waals surface area contributed by atoms with Crippen LogP contribution in [0.4, 0.5) is 10.5 Å². The number of non-ortho nitro benzene ring substituents is 1. The number of likely N-dealkylation sites (tertiary alicyclic amines) is 1. The van der Waals surface area contributed by atoms with Gasteiger partial charge in [0.15, 0.2) is 5.69 Å². The van der Waals surface area contributed by atoms with E-state index in [2.05, 4.69) is 10.4 Å². The van der Waals surface area contributed by atoms with Gasteiger partial charge in [-0.05, 0) is 52.2 Å². The topological polar surface area (TPSA) is 120 Å². The van der Waals surface area contributed by atoms with Crippen molar-refractivity contribution in [2.75, 3.05) is 13.1 Å². The minimum absolute atomic E-state index is 0.0508. The number of carbonyl (C=O) groups excluding carboxylic acids is 2. The van der Waals surface area contributed by atoms with E-state index in [1.54, 1.807) is 50.1 Å². The van der Waals surface area contributed by atoms with Crippen molar-refractivity contribution < 1.29 is 19.2 Å². The van der Waals surface area contributed by atoms with E-state index in [9.17, 15) is 19.7 Å². The van der Waals surface area contributed by atoms with Crippen molar-refractivity contribution in [1.82, 2.24) is 20.0 Å². The summed E-state index contributed by atoms with van der Waals surface area (Å²) in [5.41, 5.74) is 0.0989. The predicted octanol–water partition coefficient (Wildman–Crippen LogP) is 3.30. The largest absolute Gasteiger partial charge is 0.444 e. The Labute approximate surface area is 180 Å². The Morgan fingerprint density at radius 1 is 1.29 bits per heavy atom. The van der Waals surface area contributed by atoms with Crippen molar-refractivity contribution in [3.05, 3.63) is 52.3 Å². The quantitative estimate of drug-likeness (QED) is 0.575. The molecule has 2 heterocycles. The van der Waals surface area contributed by atoms with Gasteiger partial charge in [0.1, 0.15) is 5.60 Å². The first-order valence-corrected chi connectivity index (χ1v) is 10.2. The van der Waals surface area contributed by atoms with Gasteiger partial charge in [-0.2, -0.15) is 5.10 Å². The number of alkyl carbamates (subject to hydrolysis) is 1. The van der Waals surface area contributed by atoms with E-state index in [0.717, 1.165) is 19.3 Å². The number of nitrogens with one attached hydrogen (secondary N) is 1. The molecule has 0 radical (unpaired) electrons. The number of nitro benzene ring substituents is 1. The average Bonchev–Trinajstić information content (AvgIpc) is 3.21. The molecule has 1 saturated heterocycles. The maximum Gasteiger partial charge on any atom is 0.407 e. The summed E-state index contributed by atoms with van der Waals surface area (Å²) in [4.78, 5) is 37.3. The van der Waals surface area contributed by atoms with E-state index in [4.69, 9.17) is 4.74 Å². The van der Waals surface area contributed by atoms with Crippen LogP contribution < -0.4 is 5.32 Å². The van der Waals surface area contributed by atoms with Crippen LogP contribution in [0.2, 0.25) is 0 Å². The Morgan fingerprint density at radius 2 is 2.06 bits per heavy atom. The lowest BCUT2D eigenvalue weighted by Crippen LogP contribution is -2.50. The molecule has 1 aliphatic rings. The summed E-state index contributed by atoms with van der Waals surface area (Å²) >= 11 is 0. The van der Waals surface area contributed by atoms with Crippen molar-refractivity contribution >= 4 is 17.7 Å². The molecule has 0 bridgehead atoms. The standard InChI is InChI=1S/C21H27N5O5/c1-21(2,3)31-20(28)22-14-17-7-4-5-11-24(17)19(27)18-10-12-25(23-18)15-8-6-9-16(13-15)26(29)30/h6,8-10,12-13,17H,4-5,7,11,14H2,1-3H3,(H,22,28). The molecule has 2 amide bonds. The number of amides is 2. The van der Waals surface area contributed by atoms with Gasteiger partial charge in [-0.1, -0.05) is 6.07 Å². The molecule has 1 unspecified atom stereocenters. The van der Waals surface area contributed by atoms with E-state index >= 15 is 0 Å². The van der Waals surface area contributed by atoms with Crippen molar-refractivity contribution in [2.45, 2.75) is 51.7 Å². The lowest BCUT2D eigenvalue weighted by Gasteiger charge is -2.35. The lowest BCUT2D eigenvalue weighted by atomic mass is 10.0. The highest BCUT2D eigenvalue weighted by Gasteiger charge is 2.29. The monoisotopic (exact) mass is 429 g/mol. The Kier molecular flexibility index (Phi) is 6.57. The number of aromatic nitrogens is 2. The molecular weight excluding hydrogens is 402 g/mol. The van der Waals surface area contributed by atoms with Crippen molar-refractivity contribution in [3.8, 4) is 5.69 Å². The molecule has 1 aliphatic heterocycles. The number of nitrogens with zero attached hydrogens (tertiary/aromatic N) is 4. The third-order valence-electron chi connectivity index (χ3n) is 4.88. The summed E-state index contributed by atoms with van der Waals surface area (Å²) in [6.07, 6.45) is 3.70. The van der Waals surface area contributed by atoms with E-state index in [1.807, 2.05) is 0 Å². The Morgan fingerprint density at radius 3 is 2.77 bits per heavy atom. The Hall–Kier alpha value is -3.43. The third kappa shape index (κ3) is 5.80. The van der Waals surface area contributed by atoms with Gasteiger partial charge >= 0.3 is 6.09 Å². The second-order valence-corrected chi connectivity index (χ2v) is 8.45. The van der Waals surface area contributed by atoms with Gasteiger partial charge < -0.3 is 15.0 Å². The molecule has 3 rings (SSSR count). The number of rotatable bonds is 5. The van der Waals surface area contributed by atoms with E-state index in [-0.39, 0.29) is 23.3 Å². The summed E-state index contributed by atoms with van der Waals surface area (Å²) in [6, 6.07) is 7.48. The first-order chi connectivity index (χ1) is 14.6. The van der Waals surface area contributed by atoms with Crippen LogP contribution in [-0.4, -0.2) is 56.3 Å². The Balaban J connectivity index is 1.70. The highest BCUT2D eigenvalue weighted by atomic mass is 16.6. The van der Waals surface area contributed by atoms with Crippen LogP contribution in [0.15, 0.2) is 36.5 Å². The molecule has 10 nitrogen and oxygen atoms in total. The molecule has 1 atom stereocenters. The van der Waals surface area contributed by atoms with Gasteiger partial charge in [0.05, 0.1) is 10.6 Å². The van der Waals surface area contributed by atoms with Crippen LogP contribution in [-0.2, 0) is 4.74 Å². The van der Waals surface area contributed by atoms with Gasteiger partial charge in [0, 0.05) is 37.5 Å². The second-order valence-electron chi connectivity index (χ2n) is 8.45. The van der Waals surface area contributed by atoms with Crippen LogP contribution in [0.25, 0.3) is 5.69 Å². The molecule has 31 heavy (non-hydrogen) atoms. The van der Waals surface area contributed by atoms with E-state index in [1.165, 1.54) is 16.8 Å². The summed E-state index contributed by atoms with van der Waals surface area (Å²) in [7, 11) is 0. The molecule has 1 aromatic carbocycles. The van der Waals surface area contributed by atoms with Gasteiger partial charge in [-0.15, -0.1) is 0 Å². The van der Waals surface area contributed by atoms with Crippen LogP contribution in [0.3, 0.4) is 0 Å². The highest BCUT2D eigenvalue weighted by molar-refractivity contribution is 5.92. The number of hydrogen-bond donors (Lipinski definition) is 1. The highest BCUT2D eigenvalue weighted by Crippen LogP contribution is 2.21. The zero-order valence-electron chi connectivity index (χ0n) is 17.9. The fraction of sp³-hybridized carbons (Fsp3) is 0.476. The molecular formula is C21H27N5O5. The maximum absolute atomic E-state index is 13.1. The zero-order valence-corrected chi connectivity index (χ0v) is 17.9. The van der Waals surface area contributed by atoms with Gasteiger partial charge in [-0.25, -0.2) is 9.48 Å². The summed E-state index contributed by atoms with van der Waals surface area (Å²) in [5.74, 6) is -0.236. The average molecular weight is 429 g/mol. The van der Waals surface area contributed by atoms with Crippen LogP contribution >= 0.6 is 0 Å². The number of carbonyl (C=O) groups is 2. The molecule has 1 fully saturated rings. The lowest BCUT2D eigenvalue weighted by molar-refractivity contribution is -0.384. The smallest absolute Gasteiger partial charge is 0.407 e. The zero-order chi connectivity index (χ0) is 22.6. The number of ether oxygens (including phenoxy) is 1. The normalized spacial score (nSPS) is 16.6. The minimum Gasteiger partial charge on any atom is -0.444 e. The minimum atomic E-state index is -0.592. The number of hydrogen-bond acceptors (Lipinski definition) is 6. The van der Waals surface area contributed by atoms with Crippen molar-refractivity contribution in [2.24, 2.45) is 0 Å². The fourth-order valence-corrected chi connectivity index (χ4v) is 3.47. The van der Waals surface area contributed by atoms with Gasteiger partial charge in [-0.3, -0.25) is 14.9 Å². The van der Waals surface area contributed by atoms with E-state index in [0.29, 0.717) is 18.8 Å². The predicted molar refractivity (Wildman–Crippen MR) is 113 cm³/mol. The molecule has 0 saturated carbocycles. The first kappa shape index (κ1) is 22.3. The van der Waals surface area contributed by atoms with Crippen LogP contribution in [0, 0.1) is 10.1 Å². The van der Waals surface area contributed by atoms with Crippen molar-refractivity contribution in [3.63, 3.8) is 0 Å². The Bertz CT molecular complexity index is 965. The molecule has 2 aromatic rings. The number of nitro groups is 1. The maximum atomic E-state index is 13.1. The summed E-state index contributed by atoms with van der Waals surface area (Å²) in [6.45, 7) is 6.25. The van der Waals surface area contributed by atoms with Crippen LogP contribution in [0.1, 0.15) is 50.5 Å². The SMILES string of the molecule is CC(C)(C)OC(=O)NCC1CCCCN1C(=O)c1ccn(-c2cccc([N+](=O)[O-])c2)n1. The summed E-state index contributed by atoms with van der Waals surface area (Å²) < 4.78 is 6.71. The van der Waals surface area contributed by atoms with Crippen molar-refractivity contribution in [1.29, 1.82) is 0 Å². The summed E-state index contributed by atoms with van der Waals surface area (Å²) in [5, 5.41) is 18.1.